The molecule has 3 unspecified atom stereocenters. The van der Waals surface area contributed by atoms with Crippen LogP contribution in [0.5, 0.6) is 0 Å². The van der Waals surface area contributed by atoms with Gasteiger partial charge < -0.3 is 15.0 Å². The molecule has 0 radical (unpaired) electrons. The van der Waals surface area contributed by atoms with Crippen LogP contribution in [0.4, 0.5) is 4.79 Å². The molecule has 3 heterocycles. The third kappa shape index (κ3) is 3.33. The number of nitrogens with one attached hydrogen (secondary N) is 1. The number of aryl methyl sites for hydroxylation is 1. The van der Waals surface area contributed by atoms with Gasteiger partial charge in [0.1, 0.15) is 0 Å². The highest BCUT2D eigenvalue weighted by Gasteiger charge is 2.45. The molecule has 6 heteroatoms. The topological polar surface area (TPSA) is 59.4 Å². The van der Waals surface area contributed by atoms with E-state index in [1.165, 1.54) is 5.56 Å². The minimum Gasteiger partial charge on any atom is -0.381 e. The Balaban J connectivity index is 1.45. The number of hydrogen-bond acceptors (Lipinski definition) is 3. The van der Waals surface area contributed by atoms with Gasteiger partial charge in [-0.15, -0.1) is 0 Å². The number of hydrogen-bond donors (Lipinski definition) is 1. The number of amides is 2. The zero-order chi connectivity index (χ0) is 17.9. The summed E-state index contributed by atoms with van der Waals surface area (Å²) in [5.41, 5.74) is 2.19. The van der Waals surface area contributed by atoms with Crippen LogP contribution in [0, 0.1) is 5.92 Å². The SMILES string of the molecule is CCn1ccc(CNC(=O)N2CC(c3ccccc3)C3COCCC32)n1. The quantitative estimate of drug-likeness (QED) is 0.918. The number of carbonyl (C=O) groups excluding carboxylic acids is 1. The molecule has 138 valence electrons. The van der Waals surface area contributed by atoms with Gasteiger partial charge in [0.05, 0.1) is 18.8 Å². The molecule has 0 bridgehead atoms. The molecule has 0 spiro atoms. The minimum absolute atomic E-state index is 0.00591. The van der Waals surface area contributed by atoms with Crippen molar-refractivity contribution in [1.29, 1.82) is 0 Å². The minimum atomic E-state index is 0.00591. The van der Waals surface area contributed by atoms with Crippen LogP contribution in [0.1, 0.15) is 30.5 Å². The second-order valence-electron chi connectivity index (χ2n) is 7.09. The van der Waals surface area contributed by atoms with Crippen LogP contribution in [0.3, 0.4) is 0 Å². The summed E-state index contributed by atoms with van der Waals surface area (Å²) in [5, 5.41) is 7.49. The summed E-state index contributed by atoms with van der Waals surface area (Å²) >= 11 is 0. The average molecular weight is 354 g/mol. The third-order valence-electron chi connectivity index (χ3n) is 5.60. The first kappa shape index (κ1) is 17.1. The van der Waals surface area contributed by atoms with Gasteiger partial charge in [0.15, 0.2) is 0 Å². The zero-order valence-electron chi connectivity index (χ0n) is 15.2. The van der Waals surface area contributed by atoms with Gasteiger partial charge in [-0.25, -0.2) is 4.79 Å². The van der Waals surface area contributed by atoms with Crippen molar-refractivity contribution >= 4 is 6.03 Å². The molecule has 2 aliphatic heterocycles. The van der Waals surface area contributed by atoms with Crippen LogP contribution >= 0.6 is 0 Å². The fraction of sp³-hybridized carbons (Fsp3) is 0.500. The molecule has 2 amide bonds. The normalized spacial score (nSPS) is 25.1. The predicted molar refractivity (Wildman–Crippen MR) is 98.7 cm³/mol. The Hall–Kier alpha value is -2.34. The molecule has 1 aromatic heterocycles. The molecule has 2 aliphatic rings. The number of likely N-dealkylation sites (tertiary alicyclic amines) is 1. The molecule has 2 aromatic rings. The van der Waals surface area contributed by atoms with Crippen molar-refractivity contribution in [3.8, 4) is 0 Å². The molecule has 2 saturated heterocycles. The van der Waals surface area contributed by atoms with Gasteiger partial charge in [-0.1, -0.05) is 30.3 Å². The lowest BCUT2D eigenvalue weighted by atomic mass is 9.84. The Morgan fingerprint density at radius 3 is 2.92 bits per heavy atom. The molecule has 2 fully saturated rings. The number of ether oxygens (including phenoxy) is 1. The third-order valence-corrected chi connectivity index (χ3v) is 5.60. The highest BCUT2D eigenvalue weighted by molar-refractivity contribution is 5.75. The molecule has 0 saturated carbocycles. The van der Waals surface area contributed by atoms with E-state index in [-0.39, 0.29) is 12.1 Å². The Morgan fingerprint density at radius 1 is 1.31 bits per heavy atom. The molecule has 0 aliphatic carbocycles. The molecule has 4 rings (SSSR count). The first-order valence-corrected chi connectivity index (χ1v) is 9.45. The Kier molecular flexibility index (Phi) is 4.93. The Labute approximate surface area is 154 Å². The van der Waals surface area contributed by atoms with Crippen molar-refractivity contribution in [2.45, 2.75) is 38.4 Å². The van der Waals surface area contributed by atoms with Gasteiger partial charge in [-0.3, -0.25) is 4.68 Å². The van der Waals surface area contributed by atoms with Gasteiger partial charge in [-0.05, 0) is 25.0 Å². The number of aromatic nitrogens is 2. The summed E-state index contributed by atoms with van der Waals surface area (Å²) < 4.78 is 7.61. The van der Waals surface area contributed by atoms with Crippen LogP contribution < -0.4 is 5.32 Å². The Morgan fingerprint density at radius 2 is 2.15 bits per heavy atom. The van der Waals surface area contributed by atoms with Crippen molar-refractivity contribution in [3.05, 3.63) is 53.9 Å². The largest absolute Gasteiger partial charge is 0.381 e. The number of rotatable bonds is 4. The number of fused-ring (bicyclic) bond motifs is 1. The summed E-state index contributed by atoms with van der Waals surface area (Å²) in [5.74, 6) is 0.711. The molecular weight excluding hydrogens is 328 g/mol. The van der Waals surface area contributed by atoms with E-state index in [1.54, 1.807) is 0 Å². The molecule has 6 nitrogen and oxygen atoms in total. The maximum atomic E-state index is 12.9. The number of benzene rings is 1. The van der Waals surface area contributed by atoms with Crippen LogP contribution in [0.15, 0.2) is 42.6 Å². The summed E-state index contributed by atoms with van der Waals surface area (Å²) in [6, 6.07) is 12.7. The zero-order valence-corrected chi connectivity index (χ0v) is 15.2. The first-order valence-electron chi connectivity index (χ1n) is 9.45. The van der Waals surface area contributed by atoms with Gasteiger partial charge >= 0.3 is 6.03 Å². The predicted octanol–water partition coefficient (Wildman–Crippen LogP) is 2.62. The van der Waals surface area contributed by atoms with Crippen molar-refractivity contribution in [2.75, 3.05) is 19.8 Å². The molecule has 1 N–H and O–H groups in total. The maximum Gasteiger partial charge on any atom is 0.318 e. The lowest BCUT2D eigenvalue weighted by molar-refractivity contribution is 0.0261. The summed E-state index contributed by atoms with van der Waals surface area (Å²) in [6.45, 7) is 5.56. The summed E-state index contributed by atoms with van der Waals surface area (Å²) in [7, 11) is 0. The summed E-state index contributed by atoms with van der Waals surface area (Å²) in [4.78, 5) is 14.9. The van der Waals surface area contributed by atoms with Crippen molar-refractivity contribution in [1.82, 2.24) is 20.0 Å². The van der Waals surface area contributed by atoms with E-state index in [2.05, 4.69) is 41.6 Å². The number of nitrogens with zero attached hydrogens (tertiary/aromatic N) is 3. The molecular formula is C20H26N4O2. The highest BCUT2D eigenvalue weighted by atomic mass is 16.5. The van der Waals surface area contributed by atoms with E-state index in [0.29, 0.717) is 18.4 Å². The second-order valence-corrected chi connectivity index (χ2v) is 7.09. The molecule has 1 aromatic carbocycles. The van der Waals surface area contributed by atoms with E-state index in [1.807, 2.05) is 27.9 Å². The lowest BCUT2D eigenvalue weighted by Gasteiger charge is -2.32. The number of carbonyl (C=O) groups is 1. The van der Waals surface area contributed by atoms with E-state index >= 15 is 0 Å². The second kappa shape index (κ2) is 7.50. The molecule has 26 heavy (non-hydrogen) atoms. The Bertz CT molecular complexity index is 745. The maximum absolute atomic E-state index is 12.9. The highest BCUT2D eigenvalue weighted by Crippen LogP contribution is 2.40. The van der Waals surface area contributed by atoms with Crippen molar-refractivity contribution < 1.29 is 9.53 Å². The van der Waals surface area contributed by atoms with E-state index in [0.717, 1.165) is 38.4 Å². The fourth-order valence-corrected chi connectivity index (χ4v) is 4.23. The smallest absolute Gasteiger partial charge is 0.318 e. The van der Waals surface area contributed by atoms with Crippen LogP contribution in [-0.2, 0) is 17.8 Å². The standard InChI is InChI=1S/C20H26N4O2/c1-2-23-10-8-16(22-23)12-21-20(25)24-13-17(15-6-4-3-5-7-15)18-14-26-11-9-19(18)24/h3-8,10,17-19H,2,9,11-14H2,1H3,(H,21,25). The monoisotopic (exact) mass is 354 g/mol. The van der Waals surface area contributed by atoms with Gasteiger partial charge in [0.2, 0.25) is 0 Å². The van der Waals surface area contributed by atoms with Crippen molar-refractivity contribution in [2.24, 2.45) is 5.92 Å². The van der Waals surface area contributed by atoms with E-state index in [9.17, 15) is 4.79 Å². The molecule has 3 atom stereocenters. The summed E-state index contributed by atoms with van der Waals surface area (Å²) in [6.07, 6.45) is 2.85. The van der Waals surface area contributed by atoms with Crippen LogP contribution in [0.2, 0.25) is 0 Å². The average Bonchev–Trinajstić information content (AvgIpc) is 3.31. The van der Waals surface area contributed by atoms with Crippen molar-refractivity contribution in [3.63, 3.8) is 0 Å². The number of urea groups is 1. The van der Waals surface area contributed by atoms with Crippen LogP contribution in [0.25, 0.3) is 0 Å². The fourth-order valence-electron chi connectivity index (χ4n) is 4.23. The first-order chi connectivity index (χ1) is 12.8. The van der Waals surface area contributed by atoms with E-state index in [4.69, 9.17) is 4.74 Å². The van der Waals surface area contributed by atoms with Gasteiger partial charge in [0, 0.05) is 43.8 Å². The van der Waals surface area contributed by atoms with Gasteiger partial charge in [0.25, 0.3) is 0 Å². The van der Waals surface area contributed by atoms with Gasteiger partial charge in [-0.2, -0.15) is 5.10 Å². The van der Waals surface area contributed by atoms with E-state index < -0.39 is 0 Å². The lowest BCUT2D eigenvalue weighted by Crippen LogP contribution is -2.46. The van der Waals surface area contributed by atoms with Crippen LogP contribution in [-0.4, -0.2) is 46.5 Å².